The number of carbonyl (C=O) groups is 1. The lowest BCUT2D eigenvalue weighted by molar-refractivity contribution is -0.140. The van der Waals surface area contributed by atoms with Gasteiger partial charge in [0, 0.05) is 62.6 Å². The molecule has 1 aliphatic rings. The van der Waals surface area contributed by atoms with E-state index in [1.165, 1.54) is 23.9 Å². The fourth-order valence-corrected chi connectivity index (χ4v) is 3.37. The summed E-state index contributed by atoms with van der Waals surface area (Å²) in [7, 11) is 1.41. The average Bonchev–Trinajstić information content (AvgIpc) is 2.97. The lowest BCUT2D eigenvalue weighted by Gasteiger charge is -2.24. The van der Waals surface area contributed by atoms with E-state index in [1.54, 1.807) is 0 Å². The molecule has 0 atom stereocenters. The molecule has 0 aromatic carbocycles. The number of hydrogen-bond donors (Lipinski definition) is 0. The highest BCUT2D eigenvalue weighted by atomic mass is 16.5. The molecule has 1 fully saturated rings. The van der Waals surface area contributed by atoms with Crippen molar-refractivity contribution in [2.45, 2.75) is 32.9 Å². The predicted octanol–water partition coefficient (Wildman–Crippen LogP) is 1.86. The summed E-state index contributed by atoms with van der Waals surface area (Å²) in [5.74, 6) is -0.207. The minimum Gasteiger partial charge on any atom is -0.469 e. The molecule has 0 amide bonds. The Morgan fingerprint density at radius 2 is 2.12 bits per heavy atom. The fourth-order valence-electron chi connectivity index (χ4n) is 3.37. The molecule has 7 heteroatoms. The topological polar surface area (TPSA) is 63.5 Å². The molecule has 3 rings (SSSR count). The van der Waals surface area contributed by atoms with Crippen LogP contribution in [-0.4, -0.2) is 58.9 Å². The van der Waals surface area contributed by atoms with Crippen LogP contribution < -0.4 is 4.90 Å². The maximum absolute atomic E-state index is 11.2. The standard InChI is InChI=1S/C19H27N5O2/c1-16-12-20-6-4-18(16)23-8-3-7-22(10-11-23)14-17-13-21-24(15-17)9-5-19(25)26-2/h4,6,12-13,15H,3,5,7-11,14H2,1-2H3. The number of hydrogen-bond acceptors (Lipinski definition) is 6. The number of nitrogens with zero attached hydrogens (tertiary/aromatic N) is 5. The first kappa shape index (κ1) is 18.4. The van der Waals surface area contributed by atoms with E-state index in [0.29, 0.717) is 13.0 Å². The van der Waals surface area contributed by atoms with Gasteiger partial charge >= 0.3 is 5.97 Å². The molecular formula is C19H27N5O2. The number of esters is 1. The van der Waals surface area contributed by atoms with E-state index in [4.69, 9.17) is 0 Å². The van der Waals surface area contributed by atoms with Crippen LogP contribution in [0.4, 0.5) is 5.69 Å². The molecule has 3 heterocycles. The molecule has 0 saturated carbocycles. The van der Waals surface area contributed by atoms with Gasteiger partial charge in [-0.2, -0.15) is 5.10 Å². The number of carbonyl (C=O) groups excluding carboxylic acids is 1. The maximum Gasteiger partial charge on any atom is 0.307 e. The molecule has 0 radical (unpaired) electrons. The van der Waals surface area contributed by atoms with E-state index < -0.39 is 0 Å². The fraction of sp³-hybridized carbons (Fsp3) is 0.526. The summed E-state index contributed by atoms with van der Waals surface area (Å²) in [6.45, 7) is 7.75. The van der Waals surface area contributed by atoms with E-state index in [-0.39, 0.29) is 5.97 Å². The van der Waals surface area contributed by atoms with Crippen molar-refractivity contribution in [1.29, 1.82) is 0 Å². The van der Waals surface area contributed by atoms with Crippen molar-refractivity contribution in [3.05, 3.63) is 42.0 Å². The molecule has 0 spiro atoms. The van der Waals surface area contributed by atoms with Crippen molar-refractivity contribution < 1.29 is 9.53 Å². The normalized spacial score (nSPS) is 15.7. The molecule has 140 valence electrons. The maximum atomic E-state index is 11.2. The van der Waals surface area contributed by atoms with Crippen molar-refractivity contribution in [3.63, 3.8) is 0 Å². The van der Waals surface area contributed by atoms with Gasteiger partial charge in [-0.1, -0.05) is 0 Å². The molecule has 0 aliphatic carbocycles. The third-order valence-corrected chi connectivity index (χ3v) is 4.79. The zero-order chi connectivity index (χ0) is 18.4. The van der Waals surface area contributed by atoms with Gasteiger partial charge in [0.1, 0.15) is 0 Å². The molecule has 1 aliphatic heterocycles. The van der Waals surface area contributed by atoms with Crippen molar-refractivity contribution in [1.82, 2.24) is 19.7 Å². The van der Waals surface area contributed by atoms with Crippen molar-refractivity contribution in [2.24, 2.45) is 0 Å². The van der Waals surface area contributed by atoms with Crippen LogP contribution in [0.3, 0.4) is 0 Å². The van der Waals surface area contributed by atoms with Crippen LogP contribution in [0.25, 0.3) is 0 Å². The number of aryl methyl sites for hydroxylation is 2. The smallest absolute Gasteiger partial charge is 0.307 e. The van der Waals surface area contributed by atoms with Crippen molar-refractivity contribution >= 4 is 11.7 Å². The number of anilines is 1. The highest BCUT2D eigenvalue weighted by Gasteiger charge is 2.17. The SMILES string of the molecule is COC(=O)CCn1cc(CN2CCCN(c3ccncc3C)CC2)cn1. The van der Waals surface area contributed by atoms with Crippen LogP contribution in [-0.2, 0) is 22.6 Å². The summed E-state index contributed by atoms with van der Waals surface area (Å²) in [4.78, 5) is 20.4. The Morgan fingerprint density at radius 1 is 1.23 bits per heavy atom. The third-order valence-electron chi connectivity index (χ3n) is 4.79. The average molecular weight is 357 g/mol. The molecular weight excluding hydrogens is 330 g/mol. The minimum absolute atomic E-state index is 0.207. The summed E-state index contributed by atoms with van der Waals surface area (Å²) in [6, 6.07) is 2.11. The molecule has 0 bridgehead atoms. The van der Waals surface area contributed by atoms with Gasteiger partial charge in [0.05, 0.1) is 26.3 Å². The quantitative estimate of drug-likeness (QED) is 0.736. The first-order chi connectivity index (χ1) is 12.7. The van der Waals surface area contributed by atoms with Gasteiger partial charge in [0.2, 0.25) is 0 Å². The second-order valence-corrected chi connectivity index (χ2v) is 6.72. The molecule has 1 saturated heterocycles. The van der Waals surface area contributed by atoms with E-state index >= 15 is 0 Å². The summed E-state index contributed by atoms with van der Waals surface area (Å²) in [6.07, 6.45) is 9.21. The molecule has 2 aromatic rings. The van der Waals surface area contributed by atoms with Crippen molar-refractivity contribution in [2.75, 3.05) is 38.2 Å². The first-order valence-corrected chi connectivity index (χ1v) is 9.12. The van der Waals surface area contributed by atoms with Crippen LogP contribution in [0.1, 0.15) is 24.0 Å². The first-order valence-electron chi connectivity index (χ1n) is 9.12. The van der Waals surface area contributed by atoms with Crippen molar-refractivity contribution in [3.8, 4) is 0 Å². The van der Waals surface area contributed by atoms with Gasteiger partial charge in [-0.05, 0) is 25.0 Å². The number of ether oxygens (including phenoxy) is 1. The largest absolute Gasteiger partial charge is 0.469 e. The Hall–Kier alpha value is -2.41. The van der Waals surface area contributed by atoms with E-state index in [9.17, 15) is 4.79 Å². The molecule has 7 nitrogen and oxygen atoms in total. The van der Waals surface area contributed by atoms with Crippen LogP contribution in [0.15, 0.2) is 30.9 Å². The lowest BCUT2D eigenvalue weighted by atomic mass is 10.2. The zero-order valence-corrected chi connectivity index (χ0v) is 15.6. The Morgan fingerprint density at radius 3 is 2.92 bits per heavy atom. The number of pyridine rings is 1. The molecule has 26 heavy (non-hydrogen) atoms. The van der Waals surface area contributed by atoms with Gasteiger partial charge in [0.25, 0.3) is 0 Å². The van der Waals surface area contributed by atoms with E-state index in [0.717, 1.165) is 39.1 Å². The summed E-state index contributed by atoms with van der Waals surface area (Å²) >= 11 is 0. The van der Waals surface area contributed by atoms with Crippen LogP contribution in [0.2, 0.25) is 0 Å². The van der Waals surface area contributed by atoms with Gasteiger partial charge < -0.3 is 9.64 Å². The Balaban J connectivity index is 1.53. The zero-order valence-electron chi connectivity index (χ0n) is 15.6. The van der Waals surface area contributed by atoms with Gasteiger partial charge in [-0.15, -0.1) is 0 Å². The van der Waals surface area contributed by atoms with Crippen LogP contribution >= 0.6 is 0 Å². The van der Waals surface area contributed by atoms with Gasteiger partial charge in [-0.3, -0.25) is 19.4 Å². The number of rotatable bonds is 6. The lowest BCUT2D eigenvalue weighted by Crippen LogP contribution is -2.30. The van der Waals surface area contributed by atoms with E-state index in [1.807, 2.05) is 29.5 Å². The minimum atomic E-state index is -0.207. The highest BCUT2D eigenvalue weighted by Crippen LogP contribution is 2.20. The molecule has 0 N–H and O–H groups in total. The summed E-state index contributed by atoms with van der Waals surface area (Å²) < 4.78 is 6.49. The summed E-state index contributed by atoms with van der Waals surface area (Å²) in [5, 5.41) is 4.35. The van der Waals surface area contributed by atoms with Crippen LogP contribution in [0.5, 0.6) is 0 Å². The Labute approximate surface area is 154 Å². The highest BCUT2D eigenvalue weighted by molar-refractivity contribution is 5.68. The second-order valence-electron chi connectivity index (χ2n) is 6.72. The Kier molecular flexibility index (Phi) is 6.22. The number of methoxy groups -OCH3 is 1. The molecule has 0 unspecified atom stereocenters. The molecule has 2 aromatic heterocycles. The van der Waals surface area contributed by atoms with Gasteiger partial charge in [0.15, 0.2) is 0 Å². The Bertz CT molecular complexity index is 730. The predicted molar refractivity (Wildman–Crippen MR) is 99.9 cm³/mol. The third kappa shape index (κ3) is 4.82. The monoisotopic (exact) mass is 357 g/mol. The second kappa shape index (κ2) is 8.80. The summed E-state index contributed by atoms with van der Waals surface area (Å²) in [5.41, 5.74) is 3.70. The van der Waals surface area contributed by atoms with Gasteiger partial charge in [-0.25, -0.2) is 0 Å². The number of aromatic nitrogens is 3. The van der Waals surface area contributed by atoms with Crippen LogP contribution in [0, 0.1) is 6.92 Å². The van der Waals surface area contributed by atoms with E-state index in [2.05, 4.69) is 37.6 Å².